The second-order valence-corrected chi connectivity index (χ2v) is 8.79. The molecule has 134 valence electrons. The third-order valence-corrected chi connectivity index (χ3v) is 6.76. The molecule has 2 fully saturated rings. The minimum atomic E-state index is -3.52. The van der Waals surface area contributed by atoms with Gasteiger partial charge < -0.3 is 15.6 Å². The lowest BCUT2D eigenvalue weighted by atomic mass is 10.2. The van der Waals surface area contributed by atoms with Crippen LogP contribution < -0.4 is 11.1 Å². The van der Waals surface area contributed by atoms with Crippen molar-refractivity contribution in [3.05, 3.63) is 18.0 Å². The summed E-state index contributed by atoms with van der Waals surface area (Å²) in [4.78, 5) is 12.5. The molecule has 1 amide bonds. The lowest BCUT2D eigenvalue weighted by Crippen LogP contribution is -2.39. The number of nitrogens with zero attached hydrogens (tertiary/aromatic N) is 2. The molecule has 1 atom stereocenters. The van der Waals surface area contributed by atoms with Gasteiger partial charge in [0.05, 0.1) is 0 Å². The summed E-state index contributed by atoms with van der Waals surface area (Å²) in [5.74, 6) is 0.224. The lowest BCUT2D eigenvalue weighted by Gasteiger charge is -2.25. The second-order valence-electron chi connectivity index (χ2n) is 6.85. The molecule has 3 rings (SSSR count). The topological polar surface area (TPSA) is 97.4 Å². The number of hydrogen-bond acceptors (Lipinski definition) is 4. The third kappa shape index (κ3) is 3.65. The van der Waals surface area contributed by atoms with Crippen molar-refractivity contribution in [3.8, 4) is 0 Å². The number of amides is 1. The zero-order chi connectivity index (χ0) is 17.3. The molecule has 0 aromatic carbocycles. The SMILES string of the molecule is Cn1cc(S(=O)(=O)N2CCCCC2)cc1C(=O)NCC(N)C1CC1. The quantitative estimate of drug-likeness (QED) is 0.784. The molecule has 1 saturated heterocycles. The highest BCUT2D eigenvalue weighted by Crippen LogP contribution is 2.31. The van der Waals surface area contributed by atoms with Crippen LogP contribution in [-0.2, 0) is 17.1 Å². The molecule has 1 unspecified atom stereocenters. The van der Waals surface area contributed by atoms with Crippen molar-refractivity contribution in [1.82, 2.24) is 14.2 Å². The Hall–Kier alpha value is -1.38. The third-order valence-electron chi connectivity index (χ3n) is 4.89. The lowest BCUT2D eigenvalue weighted by molar-refractivity contribution is 0.0942. The summed E-state index contributed by atoms with van der Waals surface area (Å²) in [6.45, 7) is 1.52. The molecule has 1 aliphatic carbocycles. The number of carbonyl (C=O) groups excluding carboxylic acids is 1. The highest BCUT2D eigenvalue weighted by molar-refractivity contribution is 7.89. The van der Waals surface area contributed by atoms with Gasteiger partial charge in [-0.25, -0.2) is 8.42 Å². The molecule has 2 aliphatic rings. The summed E-state index contributed by atoms with van der Waals surface area (Å²) in [5, 5.41) is 2.81. The summed E-state index contributed by atoms with van der Waals surface area (Å²) in [5.41, 5.74) is 6.33. The van der Waals surface area contributed by atoms with Gasteiger partial charge in [0.2, 0.25) is 10.0 Å². The van der Waals surface area contributed by atoms with Crippen molar-refractivity contribution in [2.75, 3.05) is 19.6 Å². The van der Waals surface area contributed by atoms with Crippen molar-refractivity contribution in [2.24, 2.45) is 18.7 Å². The Morgan fingerprint density at radius 2 is 2.00 bits per heavy atom. The zero-order valence-corrected chi connectivity index (χ0v) is 14.9. The van der Waals surface area contributed by atoms with Crippen molar-refractivity contribution in [3.63, 3.8) is 0 Å². The van der Waals surface area contributed by atoms with Gasteiger partial charge in [-0.05, 0) is 37.7 Å². The number of sulfonamides is 1. The number of carbonyl (C=O) groups is 1. The molecule has 8 heteroatoms. The first-order valence-corrected chi connectivity index (χ1v) is 10.0. The van der Waals surface area contributed by atoms with Crippen LogP contribution in [0.5, 0.6) is 0 Å². The van der Waals surface area contributed by atoms with Gasteiger partial charge in [0.25, 0.3) is 5.91 Å². The van der Waals surface area contributed by atoms with Gasteiger partial charge in [0, 0.05) is 38.9 Å². The van der Waals surface area contributed by atoms with Gasteiger partial charge >= 0.3 is 0 Å². The van der Waals surface area contributed by atoms with Gasteiger partial charge in [-0.2, -0.15) is 4.31 Å². The van der Waals surface area contributed by atoms with Crippen molar-refractivity contribution < 1.29 is 13.2 Å². The second kappa shape index (κ2) is 6.85. The molecule has 0 spiro atoms. The summed E-state index contributed by atoms with van der Waals surface area (Å²) in [6, 6.07) is 1.44. The molecular weight excluding hydrogens is 328 g/mol. The number of piperidine rings is 1. The number of nitrogens with two attached hydrogens (primary N) is 1. The van der Waals surface area contributed by atoms with E-state index in [1.165, 1.54) is 16.6 Å². The van der Waals surface area contributed by atoms with Gasteiger partial charge in [-0.1, -0.05) is 6.42 Å². The fourth-order valence-corrected chi connectivity index (χ4v) is 4.74. The first kappa shape index (κ1) is 17.4. The Bertz CT molecular complexity index is 703. The normalized spacial score (nSPS) is 20.8. The van der Waals surface area contributed by atoms with E-state index in [0.29, 0.717) is 31.2 Å². The molecule has 1 saturated carbocycles. The number of nitrogens with one attached hydrogen (secondary N) is 1. The summed E-state index contributed by atoms with van der Waals surface area (Å²) in [7, 11) is -1.84. The van der Waals surface area contributed by atoms with Crippen LogP contribution in [0.3, 0.4) is 0 Å². The molecule has 2 heterocycles. The van der Waals surface area contributed by atoms with Crippen LogP contribution >= 0.6 is 0 Å². The Morgan fingerprint density at radius 3 is 2.62 bits per heavy atom. The van der Waals surface area contributed by atoms with Crippen LogP contribution in [0.25, 0.3) is 0 Å². The van der Waals surface area contributed by atoms with Gasteiger partial charge in [-0.15, -0.1) is 0 Å². The maximum absolute atomic E-state index is 12.7. The van der Waals surface area contributed by atoms with Crippen LogP contribution in [0.2, 0.25) is 0 Å². The standard InChI is InChI=1S/C16H26N4O3S/c1-19-11-13(24(22,23)20-7-3-2-4-8-20)9-15(19)16(21)18-10-14(17)12-5-6-12/h9,11-12,14H,2-8,10,17H2,1H3,(H,18,21). The van der Waals surface area contributed by atoms with Gasteiger partial charge in [-0.3, -0.25) is 4.79 Å². The Labute approximate surface area is 143 Å². The molecule has 1 aromatic rings. The van der Waals surface area contributed by atoms with Crippen LogP contribution in [0.1, 0.15) is 42.6 Å². The predicted octanol–water partition coefficient (Wildman–Crippen LogP) is 0.667. The molecule has 7 nitrogen and oxygen atoms in total. The molecular formula is C16H26N4O3S. The van der Waals surface area contributed by atoms with E-state index in [-0.39, 0.29) is 16.8 Å². The number of hydrogen-bond donors (Lipinski definition) is 2. The smallest absolute Gasteiger partial charge is 0.267 e. The van der Waals surface area contributed by atoms with Crippen LogP contribution in [0.15, 0.2) is 17.2 Å². The van der Waals surface area contributed by atoms with E-state index < -0.39 is 10.0 Å². The monoisotopic (exact) mass is 354 g/mol. The van der Waals surface area contributed by atoms with Gasteiger partial charge in [0.1, 0.15) is 10.6 Å². The number of rotatable bonds is 6. The van der Waals surface area contributed by atoms with E-state index >= 15 is 0 Å². The average molecular weight is 354 g/mol. The zero-order valence-electron chi connectivity index (χ0n) is 14.1. The number of aryl methyl sites for hydroxylation is 1. The van der Waals surface area contributed by atoms with Crippen LogP contribution in [-0.4, -0.2) is 48.9 Å². The van der Waals surface area contributed by atoms with Crippen LogP contribution in [0.4, 0.5) is 0 Å². The predicted molar refractivity (Wildman–Crippen MR) is 91.1 cm³/mol. The molecule has 3 N–H and O–H groups in total. The van der Waals surface area contributed by atoms with E-state index in [0.717, 1.165) is 32.1 Å². The fraction of sp³-hybridized carbons (Fsp3) is 0.688. The minimum absolute atomic E-state index is 0.0224. The Morgan fingerprint density at radius 1 is 1.33 bits per heavy atom. The molecule has 0 bridgehead atoms. The highest BCUT2D eigenvalue weighted by atomic mass is 32.2. The van der Waals surface area contributed by atoms with Crippen molar-refractivity contribution in [2.45, 2.75) is 43.0 Å². The van der Waals surface area contributed by atoms with Gasteiger partial charge in [0.15, 0.2) is 0 Å². The number of aromatic nitrogens is 1. The van der Waals surface area contributed by atoms with E-state index in [9.17, 15) is 13.2 Å². The largest absolute Gasteiger partial charge is 0.349 e. The summed E-state index contributed by atoms with van der Waals surface area (Å²) < 4.78 is 28.5. The average Bonchev–Trinajstić information content (AvgIpc) is 3.35. The van der Waals surface area contributed by atoms with Crippen molar-refractivity contribution >= 4 is 15.9 Å². The molecule has 1 aliphatic heterocycles. The highest BCUT2D eigenvalue weighted by Gasteiger charge is 2.30. The fourth-order valence-electron chi connectivity index (χ4n) is 3.15. The molecule has 1 aromatic heterocycles. The first-order valence-electron chi connectivity index (χ1n) is 8.60. The van der Waals surface area contributed by atoms with E-state index in [4.69, 9.17) is 5.73 Å². The summed E-state index contributed by atoms with van der Waals surface area (Å²) >= 11 is 0. The molecule has 24 heavy (non-hydrogen) atoms. The minimum Gasteiger partial charge on any atom is -0.349 e. The van der Waals surface area contributed by atoms with Crippen LogP contribution in [0, 0.1) is 5.92 Å². The maximum atomic E-state index is 12.7. The Kier molecular flexibility index (Phi) is 4.98. The summed E-state index contributed by atoms with van der Waals surface area (Å²) in [6.07, 6.45) is 6.60. The van der Waals surface area contributed by atoms with Crippen molar-refractivity contribution in [1.29, 1.82) is 0 Å². The van der Waals surface area contributed by atoms with E-state index in [1.54, 1.807) is 11.6 Å². The molecule has 0 radical (unpaired) electrons. The first-order chi connectivity index (χ1) is 11.4. The maximum Gasteiger partial charge on any atom is 0.267 e. The van der Waals surface area contributed by atoms with E-state index in [1.807, 2.05) is 0 Å². The van der Waals surface area contributed by atoms with E-state index in [2.05, 4.69) is 5.32 Å². The Balaban J connectivity index is 1.70.